The number of para-hydroxylation sites is 1. The summed E-state index contributed by atoms with van der Waals surface area (Å²) in [5, 5.41) is 9.30. The van der Waals surface area contributed by atoms with Crippen LogP contribution in [0.15, 0.2) is 83.8 Å². The number of thiocarbonyl (C=S) groups is 1. The molecule has 0 aromatic heterocycles. The van der Waals surface area contributed by atoms with E-state index in [4.69, 9.17) is 12.2 Å². The molecule has 0 radical (unpaired) electrons. The van der Waals surface area contributed by atoms with E-state index in [1.807, 2.05) is 54.6 Å². The molecule has 3 aromatic rings. The van der Waals surface area contributed by atoms with Crippen molar-refractivity contribution in [2.24, 2.45) is 0 Å². The van der Waals surface area contributed by atoms with Crippen LogP contribution in [0.25, 0.3) is 5.57 Å². The first kappa shape index (κ1) is 21.1. The van der Waals surface area contributed by atoms with Crippen LogP contribution < -0.4 is 9.80 Å². The van der Waals surface area contributed by atoms with Crippen molar-refractivity contribution < 1.29 is 19.5 Å². The number of carboxylic acids is 1. The molecule has 5 rings (SSSR count). The smallest absolute Gasteiger partial charge is 0.335 e. The molecule has 1 N–H and O–H groups in total. The van der Waals surface area contributed by atoms with Crippen LogP contribution in [0, 0.1) is 0 Å². The SMILES string of the molecule is O=C(O)c1cccc(N2C(=O)C(=C3C(=O)N(Cc4ccccc4)c4ccccc43)SC2=S)c1. The van der Waals surface area contributed by atoms with Gasteiger partial charge in [-0.1, -0.05) is 78.6 Å². The van der Waals surface area contributed by atoms with E-state index in [1.54, 1.807) is 17.0 Å². The second-order valence-electron chi connectivity index (χ2n) is 7.46. The molecular formula is C25H16N2O4S2. The Morgan fingerprint density at radius 2 is 1.64 bits per heavy atom. The Bertz CT molecular complexity index is 1370. The molecule has 0 saturated carbocycles. The lowest BCUT2D eigenvalue weighted by atomic mass is 10.1. The minimum absolute atomic E-state index is 0.0468. The van der Waals surface area contributed by atoms with Crippen LogP contribution >= 0.6 is 24.0 Å². The van der Waals surface area contributed by atoms with E-state index in [2.05, 4.69) is 0 Å². The molecule has 2 amide bonds. The summed E-state index contributed by atoms with van der Waals surface area (Å²) in [7, 11) is 0. The van der Waals surface area contributed by atoms with Gasteiger partial charge < -0.3 is 10.0 Å². The number of benzene rings is 3. The van der Waals surface area contributed by atoms with Crippen molar-refractivity contribution in [3.05, 3.63) is 100 Å². The molecule has 0 unspecified atom stereocenters. The molecule has 0 atom stereocenters. The van der Waals surface area contributed by atoms with E-state index >= 15 is 0 Å². The summed E-state index contributed by atoms with van der Waals surface area (Å²) in [6.45, 7) is 0.376. The van der Waals surface area contributed by atoms with E-state index in [-0.39, 0.29) is 20.7 Å². The number of nitrogens with zero attached hydrogens (tertiary/aromatic N) is 2. The topological polar surface area (TPSA) is 77.9 Å². The van der Waals surface area contributed by atoms with Crippen molar-refractivity contribution in [3.8, 4) is 0 Å². The van der Waals surface area contributed by atoms with Crippen molar-refractivity contribution in [2.45, 2.75) is 6.54 Å². The summed E-state index contributed by atoms with van der Waals surface area (Å²) >= 11 is 6.51. The Morgan fingerprint density at radius 1 is 0.909 bits per heavy atom. The Morgan fingerprint density at radius 3 is 2.39 bits per heavy atom. The fourth-order valence-electron chi connectivity index (χ4n) is 3.94. The number of carbonyl (C=O) groups excluding carboxylic acids is 2. The van der Waals surface area contributed by atoms with E-state index in [9.17, 15) is 19.5 Å². The number of anilines is 2. The number of carbonyl (C=O) groups is 3. The number of hydrogen-bond acceptors (Lipinski definition) is 5. The maximum absolute atomic E-state index is 13.6. The first-order valence-corrected chi connectivity index (χ1v) is 11.3. The molecule has 8 heteroatoms. The molecule has 0 bridgehead atoms. The van der Waals surface area contributed by atoms with Crippen molar-refractivity contribution in [1.29, 1.82) is 0 Å². The molecule has 33 heavy (non-hydrogen) atoms. The van der Waals surface area contributed by atoms with Crippen LogP contribution in [-0.2, 0) is 16.1 Å². The standard InChI is InChI=1S/C25H16N2O4S2/c28-22-20(18-11-4-5-12-19(18)26(22)14-15-7-2-1-3-8-15)21-23(29)27(25(32)33-21)17-10-6-9-16(13-17)24(30)31/h1-13H,14H2,(H,30,31). The molecule has 1 fully saturated rings. The average molecular weight is 473 g/mol. The van der Waals surface area contributed by atoms with Crippen LogP contribution in [0.4, 0.5) is 11.4 Å². The fraction of sp³-hybridized carbons (Fsp3) is 0.0400. The molecule has 0 aliphatic carbocycles. The first-order chi connectivity index (χ1) is 16.0. The number of carboxylic acid groups (broad SMARTS) is 1. The Kier molecular flexibility index (Phi) is 5.32. The number of aromatic carboxylic acids is 1. The minimum Gasteiger partial charge on any atom is -0.478 e. The maximum atomic E-state index is 13.6. The summed E-state index contributed by atoms with van der Waals surface area (Å²) in [6.07, 6.45) is 0. The highest BCUT2D eigenvalue weighted by atomic mass is 32.2. The van der Waals surface area contributed by atoms with Crippen molar-refractivity contribution in [1.82, 2.24) is 0 Å². The third-order valence-corrected chi connectivity index (χ3v) is 6.83. The Hall–Kier alpha value is -3.75. The van der Waals surface area contributed by atoms with Crippen LogP contribution in [0.3, 0.4) is 0 Å². The number of thioether (sulfide) groups is 1. The third-order valence-electron chi connectivity index (χ3n) is 5.45. The van der Waals surface area contributed by atoms with Crippen LogP contribution in [0.5, 0.6) is 0 Å². The van der Waals surface area contributed by atoms with Crippen molar-refractivity contribution in [3.63, 3.8) is 0 Å². The monoisotopic (exact) mass is 472 g/mol. The largest absolute Gasteiger partial charge is 0.478 e. The summed E-state index contributed by atoms with van der Waals surface area (Å²) in [5.74, 6) is -1.80. The van der Waals surface area contributed by atoms with Gasteiger partial charge in [0.2, 0.25) is 0 Å². The lowest BCUT2D eigenvalue weighted by Gasteiger charge is -2.17. The van der Waals surface area contributed by atoms with Crippen LogP contribution in [0.2, 0.25) is 0 Å². The van der Waals surface area contributed by atoms with Crippen molar-refractivity contribution >= 4 is 63.0 Å². The van der Waals surface area contributed by atoms with E-state index in [1.165, 1.54) is 17.0 Å². The Balaban J connectivity index is 1.57. The van der Waals surface area contributed by atoms with Gasteiger partial charge in [0.15, 0.2) is 4.32 Å². The van der Waals surface area contributed by atoms with Gasteiger partial charge in [-0.3, -0.25) is 14.5 Å². The Labute approximate surface area is 199 Å². The number of fused-ring (bicyclic) bond motifs is 1. The zero-order chi connectivity index (χ0) is 23.1. The normalized spacial score (nSPS) is 17.6. The summed E-state index contributed by atoms with van der Waals surface area (Å²) in [6, 6.07) is 23.0. The highest BCUT2D eigenvalue weighted by Crippen LogP contribution is 2.46. The van der Waals surface area contributed by atoms with Gasteiger partial charge in [-0.25, -0.2) is 4.79 Å². The van der Waals surface area contributed by atoms with Gasteiger partial charge in [0.25, 0.3) is 11.8 Å². The summed E-state index contributed by atoms with van der Waals surface area (Å²) in [4.78, 5) is 41.6. The van der Waals surface area contributed by atoms with Gasteiger partial charge in [-0.05, 0) is 29.8 Å². The molecule has 1 saturated heterocycles. The second-order valence-corrected chi connectivity index (χ2v) is 9.11. The van der Waals surface area contributed by atoms with Gasteiger partial charge in [-0.15, -0.1) is 0 Å². The van der Waals surface area contributed by atoms with Gasteiger partial charge in [0.1, 0.15) is 0 Å². The fourth-order valence-corrected chi connectivity index (χ4v) is 5.31. The van der Waals surface area contributed by atoms with E-state index < -0.39 is 11.9 Å². The number of hydrogen-bond donors (Lipinski definition) is 1. The lowest BCUT2D eigenvalue weighted by Crippen LogP contribution is -2.29. The van der Waals surface area contributed by atoms with Crippen LogP contribution in [-0.4, -0.2) is 27.2 Å². The number of rotatable bonds is 4. The summed E-state index contributed by atoms with van der Waals surface area (Å²) < 4.78 is 0.247. The van der Waals surface area contributed by atoms with E-state index in [0.29, 0.717) is 23.4 Å². The molecule has 2 aliphatic rings. The third kappa shape index (κ3) is 3.63. The maximum Gasteiger partial charge on any atom is 0.335 e. The van der Waals surface area contributed by atoms with Gasteiger partial charge in [0.05, 0.1) is 34.0 Å². The summed E-state index contributed by atoms with van der Waals surface area (Å²) in [5.41, 5.74) is 3.10. The first-order valence-electron chi connectivity index (χ1n) is 10.0. The van der Waals surface area contributed by atoms with Crippen LogP contribution in [0.1, 0.15) is 21.5 Å². The molecule has 0 spiro atoms. The molecule has 6 nitrogen and oxygen atoms in total. The zero-order valence-electron chi connectivity index (χ0n) is 17.1. The quantitative estimate of drug-likeness (QED) is 0.438. The predicted octanol–water partition coefficient (Wildman–Crippen LogP) is 4.71. The molecule has 3 aromatic carbocycles. The van der Waals surface area contributed by atoms with Gasteiger partial charge >= 0.3 is 5.97 Å². The predicted molar refractivity (Wildman–Crippen MR) is 132 cm³/mol. The molecule has 2 heterocycles. The lowest BCUT2D eigenvalue weighted by molar-refractivity contribution is -0.115. The molecular weight excluding hydrogens is 456 g/mol. The van der Waals surface area contributed by atoms with Crippen molar-refractivity contribution in [2.75, 3.05) is 9.80 Å². The number of amides is 2. The van der Waals surface area contributed by atoms with E-state index in [0.717, 1.165) is 23.0 Å². The minimum atomic E-state index is -1.10. The zero-order valence-corrected chi connectivity index (χ0v) is 18.7. The van der Waals surface area contributed by atoms with Gasteiger partial charge in [0, 0.05) is 5.56 Å². The van der Waals surface area contributed by atoms with Gasteiger partial charge in [-0.2, -0.15) is 0 Å². The molecule has 162 valence electrons. The highest BCUT2D eigenvalue weighted by Gasteiger charge is 2.42. The molecule has 2 aliphatic heterocycles. The highest BCUT2D eigenvalue weighted by molar-refractivity contribution is 8.27. The average Bonchev–Trinajstić information content (AvgIpc) is 3.26. The second kappa shape index (κ2) is 8.31.